The van der Waals surface area contributed by atoms with Gasteiger partial charge in [-0.15, -0.1) is 0 Å². The van der Waals surface area contributed by atoms with Crippen LogP contribution >= 0.6 is 0 Å². The van der Waals surface area contributed by atoms with Crippen molar-refractivity contribution in [2.24, 2.45) is 16.7 Å². The van der Waals surface area contributed by atoms with Gasteiger partial charge in [0.15, 0.2) is 11.3 Å². The molecular weight excluding hydrogens is 394 g/mol. The van der Waals surface area contributed by atoms with Crippen molar-refractivity contribution in [2.75, 3.05) is 7.05 Å². The average Bonchev–Trinajstić information content (AvgIpc) is 3.18. The Morgan fingerprint density at radius 1 is 1.03 bits per heavy atom. The van der Waals surface area contributed by atoms with Crippen molar-refractivity contribution in [3.8, 4) is 0 Å². The summed E-state index contributed by atoms with van der Waals surface area (Å²) in [6.07, 6.45) is 4.32. The van der Waals surface area contributed by atoms with Crippen molar-refractivity contribution < 1.29 is 14.1 Å². The Labute approximate surface area is 192 Å². The van der Waals surface area contributed by atoms with Crippen LogP contribution in [-0.4, -0.2) is 29.4 Å². The lowest BCUT2D eigenvalue weighted by molar-refractivity contribution is -0.579. The molecule has 1 heterocycles. The van der Waals surface area contributed by atoms with Crippen molar-refractivity contribution in [3.63, 3.8) is 0 Å². The third-order valence-electron chi connectivity index (χ3n) is 9.55. The molecule has 5 rings (SSSR count). The van der Waals surface area contributed by atoms with E-state index in [2.05, 4.69) is 82.6 Å². The fourth-order valence-electron chi connectivity index (χ4n) is 6.67. The van der Waals surface area contributed by atoms with Gasteiger partial charge in [0.05, 0.1) is 17.5 Å². The summed E-state index contributed by atoms with van der Waals surface area (Å²) in [5.74, 6) is 0.305. The predicted molar refractivity (Wildman–Crippen MR) is 128 cm³/mol. The first kappa shape index (κ1) is 21.4. The molecule has 1 aliphatic heterocycles. The minimum atomic E-state index is -0.175. The highest BCUT2D eigenvalue weighted by atomic mass is 16.5. The van der Waals surface area contributed by atoms with Gasteiger partial charge in [0.25, 0.3) is 0 Å². The molecule has 2 aromatic rings. The number of esters is 1. The van der Waals surface area contributed by atoms with Crippen LogP contribution < -0.4 is 0 Å². The van der Waals surface area contributed by atoms with Crippen LogP contribution in [0.2, 0.25) is 0 Å². The molecule has 0 spiro atoms. The van der Waals surface area contributed by atoms with Crippen LogP contribution in [0.1, 0.15) is 80.9 Å². The SMILES string of the molecule is C[N+]1=C(Cc2ccc(C(=O)OC3CC4(C)CCC3C4(C)C)cc2)c2ccccc2C1(C)C. The Kier molecular flexibility index (Phi) is 4.71. The number of rotatable bonds is 4. The molecule has 2 aromatic carbocycles. The van der Waals surface area contributed by atoms with E-state index in [1.165, 1.54) is 35.2 Å². The average molecular weight is 431 g/mol. The van der Waals surface area contributed by atoms with Gasteiger partial charge in [-0.05, 0) is 53.9 Å². The number of hydrogen-bond acceptors (Lipinski definition) is 2. The molecule has 2 fully saturated rings. The quantitative estimate of drug-likeness (QED) is 0.441. The van der Waals surface area contributed by atoms with Crippen LogP contribution in [0.15, 0.2) is 48.5 Å². The molecule has 0 amide bonds. The van der Waals surface area contributed by atoms with E-state index in [9.17, 15) is 4.79 Å². The van der Waals surface area contributed by atoms with E-state index in [-0.39, 0.29) is 23.0 Å². The first-order chi connectivity index (χ1) is 15.0. The van der Waals surface area contributed by atoms with E-state index >= 15 is 0 Å². The summed E-state index contributed by atoms with van der Waals surface area (Å²) < 4.78 is 8.43. The van der Waals surface area contributed by atoms with Crippen LogP contribution in [0.5, 0.6) is 0 Å². The van der Waals surface area contributed by atoms with Gasteiger partial charge in [0.2, 0.25) is 0 Å². The summed E-state index contributed by atoms with van der Waals surface area (Å²) in [4.78, 5) is 12.9. The molecular formula is C29H36NO2+. The lowest BCUT2D eigenvalue weighted by Crippen LogP contribution is -2.29. The zero-order valence-corrected chi connectivity index (χ0v) is 20.4. The highest BCUT2D eigenvalue weighted by Gasteiger charge is 2.61. The third kappa shape index (κ3) is 3.00. The van der Waals surface area contributed by atoms with Gasteiger partial charge in [-0.2, -0.15) is 0 Å². The Bertz CT molecular complexity index is 1110. The molecule has 0 aromatic heterocycles. The van der Waals surface area contributed by atoms with Crippen LogP contribution in [0, 0.1) is 16.7 Å². The Morgan fingerprint density at radius 2 is 1.72 bits per heavy atom. The lowest BCUT2D eigenvalue weighted by Gasteiger charge is -2.33. The number of nitrogens with zero attached hydrogens (tertiary/aromatic N) is 1. The van der Waals surface area contributed by atoms with Gasteiger partial charge in [-0.3, -0.25) is 0 Å². The van der Waals surface area contributed by atoms with Gasteiger partial charge in [0, 0.05) is 25.3 Å². The molecule has 0 radical (unpaired) electrons. The molecule has 168 valence electrons. The monoisotopic (exact) mass is 430 g/mol. The standard InChI is InChI=1S/C29H36NO2/c1-27(2)23-15-16-29(27,5)18-25(23)32-26(31)20-13-11-19(12-14-20)17-24-21-9-7-8-10-22(21)28(3,4)30(24)6/h7-14,23,25H,15-18H2,1-6H3/q+1. The highest BCUT2D eigenvalue weighted by Crippen LogP contribution is 2.66. The summed E-state index contributed by atoms with van der Waals surface area (Å²) in [6, 6.07) is 16.7. The van der Waals surface area contributed by atoms with E-state index < -0.39 is 0 Å². The molecule has 3 unspecified atom stereocenters. The van der Waals surface area contributed by atoms with Crippen molar-refractivity contribution in [2.45, 2.75) is 71.9 Å². The first-order valence-corrected chi connectivity index (χ1v) is 12.0. The predicted octanol–water partition coefficient (Wildman–Crippen LogP) is 5.98. The summed E-state index contributed by atoms with van der Waals surface area (Å²) >= 11 is 0. The summed E-state index contributed by atoms with van der Waals surface area (Å²) in [6.45, 7) is 11.6. The Balaban J connectivity index is 1.30. The number of ether oxygens (including phenoxy) is 1. The fourth-order valence-corrected chi connectivity index (χ4v) is 6.67. The molecule has 0 saturated heterocycles. The lowest BCUT2D eigenvalue weighted by atomic mass is 9.71. The van der Waals surface area contributed by atoms with Crippen LogP contribution in [0.25, 0.3) is 0 Å². The number of hydrogen-bond donors (Lipinski definition) is 0. The number of benzene rings is 2. The molecule has 0 N–H and O–H groups in total. The van der Waals surface area contributed by atoms with Crippen LogP contribution in [-0.2, 0) is 16.7 Å². The first-order valence-electron chi connectivity index (χ1n) is 12.0. The minimum Gasteiger partial charge on any atom is -0.458 e. The minimum absolute atomic E-state index is 0.0131. The second-order valence-corrected chi connectivity index (χ2v) is 11.6. The summed E-state index contributed by atoms with van der Waals surface area (Å²) in [5, 5.41) is 0. The van der Waals surface area contributed by atoms with Crippen molar-refractivity contribution in [1.82, 2.24) is 0 Å². The maximum Gasteiger partial charge on any atom is 0.338 e. The van der Waals surface area contributed by atoms with Crippen molar-refractivity contribution in [3.05, 3.63) is 70.8 Å². The maximum atomic E-state index is 12.9. The number of fused-ring (bicyclic) bond motifs is 3. The zero-order valence-electron chi connectivity index (χ0n) is 20.4. The second-order valence-electron chi connectivity index (χ2n) is 11.6. The Morgan fingerprint density at radius 3 is 2.34 bits per heavy atom. The van der Waals surface area contributed by atoms with E-state index in [0.717, 1.165) is 12.8 Å². The van der Waals surface area contributed by atoms with Gasteiger partial charge in [-0.25, -0.2) is 9.37 Å². The molecule has 32 heavy (non-hydrogen) atoms. The van der Waals surface area contributed by atoms with E-state index in [4.69, 9.17) is 4.74 Å². The van der Waals surface area contributed by atoms with Gasteiger partial charge in [-0.1, -0.05) is 51.1 Å². The molecule has 3 nitrogen and oxygen atoms in total. The molecule has 2 aliphatic carbocycles. The van der Waals surface area contributed by atoms with E-state index in [1.54, 1.807) is 0 Å². The summed E-state index contributed by atoms with van der Waals surface area (Å²) in [5.41, 5.74) is 6.43. The number of carbonyl (C=O) groups excluding carboxylic acids is 1. The van der Waals surface area contributed by atoms with Gasteiger partial charge in [0.1, 0.15) is 13.2 Å². The highest BCUT2D eigenvalue weighted by molar-refractivity contribution is 6.01. The maximum absolute atomic E-state index is 12.9. The molecule has 3 atom stereocenters. The van der Waals surface area contributed by atoms with Gasteiger partial charge >= 0.3 is 5.97 Å². The topological polar surface area (TPSA) is 29.3 Å². The van der Waals surface area contributed by atoms with E-state index in [1.807, 2.05) is 12.1 Å². The Hall–Kier alpha value is -2.42. The van der Waals surface area contributed by atoms with Crippen LogP contribution in [0.4, 0.5) is 0 Å². The van der Waals surface area contributed by atoms with Crippen LogP contribution in [0.3, 0.4) is 0 Å². The molecule has 3 heteroatoms. The largest absolute Gasteiger partial charge is 0.458 e. The summed E-state index contributed by atoms with van der Waals surface area (Å²) in [7, 11) is 2.18. The molecule has 2 saturated carbocycles. The smallest absolute Gasteiger partial charge is 0.338 e. The zero-order chi connectivity index (χ0) is 22.9. The number of carbonyl (C=O) groups is 1. The van der Waals surface area contributed by atoms with Gasteiger partial charge < -0.3 is 4.74 Å². The molecule has 2 bridgehead atoms. The van der Waals surface area contributed by atoms with Crippen molar-refractivity contribution >= 4 is 11.7 Å². The normalized spacial score (nSPS) is 29.3. The third-order valence-corrected chi connectivity index (χ3v) is 9.55. The van der Waals surface area contributed by atoms with E-state index in [0.29, 0.717) is 16.9 Å². The van der Waals surface area contributed by atoms with Crippen molar-refractivity contribution in [1.29, 1.82) is 0 Å². The second kappa shape index (κ2) is 7.04. The molecule has 3 aliphatic rings. The fraction of sp³-hybridized carbons (Fsp3) is 0.517.